The number of hydrogen-bond acceptors (Lipinski definition) is 4. The van der Waals surface area contributed by atoms with Crippen LogP contribution in [0.15, 0.2) is 28.7 Å². The second-order valence-corrected chi connectivity index (χ2v) is 5.58. The number of alkyl halides is 3. The number of carbonyl (C=O) groups excluding carboxylic acids is 1. The van der Waals surface area contributed by atoms with Crippen molar-refractivity contribution in [2.75, 3.05) is 24.5 Å². The van der Waals surface area contributed by atoms with Gasteiger partial charge in [-0.15, -0.1) is 0 Å². The second-order valence-electron chi connectivity index (χ2n) is 5.58. The minimum absolute atomic E-state index is 0.302. The maximum Gasteiger partial charge on any atom is 0.405 e. The number of benzene rings is 1. The summed E-state index contributed by atoms with van der Waals surface area (Å²) in [6.07, 6.45) is -3.15. The van der Waals surface area contributed by atoms with Gasteiger partial charge < -0.3 is 14.6 Å². The molecule has 1 unspecified atom stereocenters. The molecule has 1 N–H and O–H groups in total. The number of anilines is 1. The molecule has 124 valence electrons. The quantitative estimate of drug-likeness (QED) is 0.942. The Balaban J connectivity index is 1.67. The largest absolute Gasteiger partial charge is 0.423 e. The highest BCUT2D eigenvalue weighted by Crippen LogP contribution is 2.26. The number of halogens is 3. The van der Waals surface area contributed by atoms with Crippen molar-refractivity contribution in [3.8, 4) is 0 Å². The molecule has 1 aromatic carbocycles. The maximum absolute atomic E-state index is 12.2. The number of nitrogens with one attached hydrogen (secondary N) is 1. The van der Waals surface area contributed by atoms with Crippen LogP contribution < -0.4 is 10.2 Å². The third-order valence-corrected chi connectivity index (χ3v) is 3.81. The molecule has 1 atom stereocenters. The van der Waals surface area contributed by atoms with Crippen LogP contribution in [-0.2, 0) is 4.79 Å². The first kappa shape index (κ1) is 15.6. The van der Waals surface area contributed by atoms with Crippen LogP contribution in [0, 0.1) is 5.92 Å². The van der Waals surface area contributed by atoms with E-state index in [2.05, 4.69) is 4.98 Å². The Hall–Kier alpha value is -2.25. The zero-order valence-corrected chi connectivity index (χ0v) is 12.3. The number of aromatic nitrogens is 1. The van der Waals surface area contributed by atoms with E-state index >= 15 is 0 Å². The number of oxazole rings is 1. The van der Waals surface area contributed by atoms with Gasteiger partial charge in [-0.1, -0.05) is 12.1 Å². The van der Waals surface area contributed by atoms with E-state index in [4.69, 9.17) is 4.42 Å². The first-order valence-corrected chi connectivity index (χ1v) is 7.37. The molecule has 1 aliphatic rings. The van der Waals surface area contributed by atoms with Crippen molar-refractivity contribution < 1.29 is 22.4 Å². The van der Waals surface area contributed by atoms with Gasteiger partial charge in [-0.05, 0) is 25.0 Å². The van der Waals surface area contributed by atoms with Crippen LogP contribution in [0.1, 0.15) is 12.8 Å². The molecule has 2 heterocycles. The average Bonchev–Trinajstić information content (AvgIpc) is 2.96. The van der Waals surface area contributed by atoms with Crippen LogP contribution in [0.2, 0.25) is 0 Å². The lowest BCUT2D eigenvalue weighted by atomic mass is 9.97. The Bertz CT molecular complexity index is 666. The van der Waals surface area contributed by atoms with E-state index in [0.29, 0.717) is 43.0 Å². The summed E-state index contributed by atoms with van der Waals surface area (Å²) in [4.78, 5) is 18.1. The SMILES string of the molecule is O=C(NCC(F)(F)F)C1CCCN(c2nc3ccccc3o2)C1. The van der Waals surface area contributed by atoms with Gasteiger partial charge in [0.05, 0.1) is 5.92 Å². The lowest BCUT2D eigenvalue weighted by Crippen LogP contribution is -2.45. The average molecular weight is 327 g/mol. The molecule has 5 nitrogen and oxygen atoms in total. The Kier molecular flexibility index (Phi) is 4.14. The first-order valence-electron chi connectivity index (χ1n) is 7.37. The highest BCUT2D eigenvalue weighted by Gasteiger charge is 2.32. The van der Waals surface area contributed by atoms with Crippen molar-refractivity contribution in [2.24, 2.45) is 5.92 Å². The fourth-order valence-corrected chi connectivity index (χ4v) is 2.69. The molecule has 3 rings (SSSR count). The molecule has 0 radical (unpaired) electrons. The zero-order valence-electron chi connectivity index (χ0n) is 12.3. The van der Waals surface area contributed by atoms with E-state index in [9.17, 15) is 18.0 Å². The topological polar surface area (TPSA) is 58.4 Å². The summed E-state index contributed by atoms with van der Waals surface area (Å²) in [5.41, 5.74) is 1.36. The van der Waals surface area contributed by atoms with Gasteiger partial charge in [-0.3, -0.25) is 4.79 Å². The summed E-state index contributed by atoms with van der Waals surface area (Å²) in [5.74, 6) is -1.08. The smallest absolute Gasteiger partial charge is 0.405 e. The normalized spacial score (nSPS) is 19.1. The van der Waals surface area contributed by atoms with Crippen molar-refractivity contribution in [3.63, 3.8) is 0 Å². The number of piperidine rings is 1. The maximum atomic E-state index is 12.2. The van der Waals surface area contributed by atoms with Crippen molar-refractivity contribution in [2.45, 2.75) is 19.0 Å². The summed E-state index contributed by atoms with van der Waals surface area (Å²) in [5, 5.41) is 1.95. The molecular weight excluding hydrogens is 311 g/mol. The summed E-state index contributed by atoms with van der Waals surface area (Å²) in [6.45, 7) is -0.336. The number of rotatable bonds is 3. The van der Waals surface area contributed by atoms with Crippen LogP contribution >= 0.6 is 0 Å². The number of hydrogen-bond donors (Lipinski definition) is 1. The Morgan fingerprint density at radius 3 is 2.91 bits per heavy atom. The highest BCUT2D eigenvalue weighted by atomic mass is 19.4. The molecule has 1 fully saturated rings. The lowest BCUT2D eigenvalue weighted by Gasteiger charge is -2.30. The summed E-state index contributed by atoms with van der Waals surface area (Å²) >= 11 is 0. The van der Waals surface area contributed by atoms with E-state index < -0.39 is 24.5 Å². The molecule has 1 saturated heterocycles. The lowest BCUT2D eigenvalue weighted by molar-refractivity contribution is -0.140. The molecule has 0 saturated carbocycles. The third kappa shape index (κ3) is 3.75. The van der Waals surface area contributed by atoms with Crippen molar-refractivity contribution in [1.29, 1.82) is 0 Å². The minimum Gasteiger partial charge on any atom is -0.423 e. The van der Waals surface area contributed by atoms with E-state index in [0.717, 1.165) is 0 Å². The number of fused-ring (bicyclic) bond motifs is 1. The number of amides is 1. The van der Waals surface area contributed by atoms with Crippen LogP contribution in [0.4, 0.5) is 19.2 Å². The van der Waals surface area contributed by atoms with E-state index in [1.807, 2.05) is 23.5 Å². The van der Waals surface area contributed by atoms with Crippen LogP contribution in [-0.4, -0.2) is 36.7 Å². The standard InChI is InChI=1S/C15H16F3N3O2/c16-15(17,18)9-19-13(22)10-4-3-7-21(8-10)14-20-11-5-1-2-6-12(11)23-14/h1-2,5-6,10H,3-4,7-9H2,(H,19,22). The predicted molar refractivity (Wildman–Crippen MR) is 78.0 cm³/mol. The molecule has 1 aromatic heterocycles. The molecule has 23 heavy (non-hydrogen) atoms. The highest BCUT2D eigenvalue weighted by molar-refractivity contribution is 5.80. The van der Waals surface area contributed by atoms with Crippen LogP contribution in [0.3, 0.4) is 0 Å². The van der Waals surface area contributed by atoms with E-state index in [1.54, 1.807) is 11.0 Å². The predicted octanol–water partition coefficient (Wildman–Crippen LogP) is 2.72. The second kappa shape index (κ2) is 6.10. The van der Waals surface area contributed by atoms with Crippen molar-refractivity contribution in [3.05, 3.63) is 24.3 Å². The number of para-hydroxylation sites is 2. The van der Waals surface area contributed by atoms with Crippen molar-refractivity contribution in [1.82, 2.24) is 10.3 Å². The summed E-state index contributed by atoms with van der Waals surface area (Å²) < 4.78 is 42.2. The Labute approximate surface area is 130 Å². The van der Waals surface area contributed by atoms with E-state index in [1.165, 1.54) is 0 Å². The Morgan fingerprint density at radius 2 is 2.17 bits per heavy atom. The number of nitrogens with zero attached hydrogens (tertiary/aromatic N) is 2. The van der Waals surface area contributed by atoms with Gasteiger partial charge in [0.15, 0.2) is 5.58 Å². The fourth-order valence-electron chi connectivity index (χ4n) is 2.69. The third-order valence-electron chi connectivity index (χ3n) is 3.81. The van der Waals surface area contributed by atoms with Gasteiger partial charge in [-0.2, -0.15) is 18.2 Å². The molecule has 1 amide bonds. The summed E-state index contributed by atoms with van der Waals surface area (Å²) in [7, 11) is 0. The number of carbonyl (C=O) groups is 1. The van der Waals surface area contributed by atoms with Crippen LogP contribution in [0.25, 0.3) is 11.1 Å². The van der Waals surface area contributed by atoms with Gasteiger partial charge >= 0.3 is 6.18 Å². The monoisotopic (exact) mass is 327 g/mol. The first-order chi connectivity index (χ1) is 10.9. The summed E-state index contributed by atoms with van der Waals surface area (Å²) in [6, 6.07) is 7.70. The molecular formula is C15H16F3N3O2. The molecule has 2 aromatic rings. The molecule has 0 aliphatic carbocycles. The van der Waals surface area contributed by atoms with Gasteiger partial charge in [0.2, 0.25) is 5.91 Å². The molecule has 0 bridgehead atoms. The van der Waals surface area contributed by atoms with Gasteiger partial charge in [0.1, 0.15) is 12.1 Å². The molecule has 0 spiro atoms. The molecule has 1 aliphatic heterocycles. The molecule has 8 heteroatoms. The van der Waals surface area contributed by atoms with Gasteiger partial charge in [0, 0.05) is 13.1 Å². The van der Waals surface area contributed by atoms with Gasteiger partial charge in [0.25, 0.3) is 6.01 Å². The van der Waals surface area contributed by atoms with E-state index in [-0.39, 0.29) is 0 Å². The minimum atomic E-state index is -4.40. The van der Waals surface area contributed by atoms with Crippen molar-refractivity contribution >= 4 is 23.0 Å². The zero-order chi connectivity index (χ0) is 16.4. The fraction of sp³-hybridized carbons (Fsp3) is 0.467. The Morgan fingerprint density at radius 1 is 1.39 bits per heavy atom. The van der Waals surface area contributed by atoms with Crippen LogP contribution in [0.5, 0.6) is 0 Å². The van der Waals surface area contributed by atoms with Gasteiger partial charge in [-0.25, -0.2) is 0 Å².